The second-order valence-electron chi connectivity index (χ2n) is 5.21. The first-order chi connectivity index (χ1) is 9.99. The molecule has 0 spiro atoms. The molecule has 0 atom stereocenters. The highest BCUT2D eigenvalue weighted by Crippen LogP contribution is 2.32. The summed E-state index contributed by atoms with van der Waals surface area (Å²) in [4.78, 5) is 21.2. The summed E-state index contributed by atoms with van der Waals surface area (Å²) in [6.07, 6.45) is -4.97. The Hall–Kier alpha value is -2.32. The molecule has 1 rings (SSSR count). The summed E-state index contributed by atoms with van der Waals surface area (Å²) in [6.45, 7) is 2.80. The van der Waals surface area contributed by atoms with Crippen LogP contribution in [-0.4, -0.2) is 30.7 Å². The Morgan fingerprint density at radius 3 is 2.41 bits per heavy atom. The van der Waals surface area contributed by atoms with E-state index in [1.54, 1.807) is 19.2 Å². The van der Waals surface area contributed by atoms with Gasteiger partial charge in [0, 0.05) is 18.0 Å². The highest BCUT2D eigenvalue weighted by atomic mass is 19.4. The smallest absolute Gasteiger partial charge is 0.471 e. The number of rotatable bonds is 5. The zero-order valence-electron chi connectivity index (χ0n) is 12.2. The van der Waals surface area contributed by atoms with Crippen molar-refractivity contribution in [3.05, 3.63) is 33.9 Å². The molecule has 122 valence electrons. The first kappa shape index (κ1) is 17.7. The van der Waals surface area contributed by atoms with E-state index in [1.807, 2.05) is 0 Å². The highest BCUT2D eigenvalue weighted by molar-refractivity contribution is 5.81. The predicted octanol–water partition coefficient (Wildman–Crippen LogP) is 2.56. The summed E-state index contributed by atoms with van der Waals surface area (Å²) < 4.78 is 41.4. The van der Waals surface area contributed by atoms with Gasteiger partial charge in [-0.3, -0.25) is 14.9 Å². The molecule has 1 aromatic rings. The van der Waals surface area contributed by atoms with Crippen LogP contribution >= 0.6 is 0 Å². The quantitative estimate of drug-likeness (QED) is 0.668. The zero-order valence-corrected chi connectivity index (χ0v) is 12.2. The first-order valence-electron chi connectivity index (χ1n) is 6.17. The second-order valence-corrected chi connectivity index (χ2v) is 5.21. The Kier molecular flexibility index (Phi) is 5.00. The number of carbonyl (C=O) groups is 1. The number of nitro benzene ring substituents is 1. The average molecular weight is 320 g/mol. The van der Waals surface area contributed by atoms with E-state index in [0.717, 1.165) is 0 Å². The topological polar surface area (TPSA) is 81.5 Å². The molecule has 0 aromatic heterocycles. The molecule has 0 aliphatic rings. The molecule has 0 unspecified atom stereocenters. The van der Waals surface area contributed by atoms with E-state index in [4.69, 9.17) is 4.74 Å². The van der Waals surface area contributed by atoms with Gasteiger partial charge in [-0.05, 0) is 11.6 Å². The van der Waals surface area contributed by atoms with Crippen molar-refractivity contribution >= 4 is 11.6 Å². The number of alkyl halides is 3. The van der Waals surface area contributed by atoms with Crippen molar-refractivity contribution in [2.24, 2.45) is 0 Å². The lowest BCUT2D eigenvalue weighted by atomic mass is 9.84. The number of hydrogen-bond donors (Lipinski definition) is 1. The number of halogens is 3. The molecule has 0 saturated heterocycles. The summed E-state index contributed by atoms with van der Waals surface area (Å²) >= 11 is 0. The van der Waals surface area contributed by atoms with Crippen molar-refractivity contribution in [2.75, 3.05) is 13.7 Å². The molecule has 9 heteroatoms. The van der Waals surface area contributed by atoms with Crippen LogP contribution in [0.5, 0.6) is 5.75 Å². The molecule has 0 heterocycles. The van der Waals surface area contributed by atoms with Crippen molar-refractivity contribution < 1.29 is 27.6 Å². The van der Waals surface area contributed by atoms with Gasteiger partial charge in [0.15, 0.2) is 5.75 Å². The minimum Gasteiger partial charge on any atom is -0.490 e. The molecular formula is C13H15F3N2O4. The van der Waals surface area contributed by atoms with Crippen molar-refractivity contribution in [2.45, 2.75) is 25.4 Å². The van der Waals surface area contributed by atoms with Gasteiger partial charge in [-0.15, -0.1) is 0 Å². The first-order valence-corrected chi connectivity index (χ1v) is 6.17. The van der Waals surface area contributed by atoms with Gasteiger partial charge >= 0.3 is 17.8 Å². The van der Waals surface area contributed by atoms with Crippen molar-refractivity contribution in [1.29, 1.82) is 0 Å². The van der Waals surface area contributed by atoms with Gasteiger partial charge in [-0.2, -0.15) is 13.2 Å². The maximum absolute atomic E-state index is 12.2. The summed E-state index contributed by atoms with van der Waals surface area (Å²) in [5.41, 5.74) is -0.824. The molecule has 1 amide bonds. The van der Waals surface area contributed by atoms with Crippen LogP contribution in [-0.2, 0) is 10.2 Å². The Bertz CT molecular complexity index is 585. The lowest BCUT2D eigenvalue weighted by molar-refractivity contribution is -0.385. The fraction of sp³-hybridized carbons (Fsp3) is 0.462. The predicted molar refractivity (Wildman–Crippen MR) is 71.7 cm³/mol. The van der Waals surface area contributed by atoms with E-state index in [-0.39, 0.29) is 18.0 Å². The Morgan fingerprint density at radius 2 is 1.95 bits per heavy atom. The minimum atomic E-state index is -4.97. The van der Waals surface area contributed by atoms with Gasteiger partial charge in [0.2, 0.25) is 0 Å². The molecule has 6 nitrogen and oxygen atoms in total. The van der Waals surface area contributed by atoms with E-state index in [0.29, 0.717) is 5.56 Å². The van der Waals surface area contributed by atoms with Gasteiger partial charge in [0.25, 0.3) is 0 Å². The van der Waals surface area contributed by atoms with Crippen LogP contribution in [0, 0.1) is 10.1 Å². The van der Waals surface area contributed by atoms with E-state index >= 15 is 0 Å². The number of ether oxygens (including phenoxy) is 1. The van der Waals surface area contributed by atoms with Gasteiger partial charge in [-0.25, -0.2) is 0 Å². The van der Waals surface area contributed by atoms with Crippen LogP contribution in [0.15, 0.2) is 18.2 Å². The number of hydrogen-bond acceptors (Lipinski definition) is 4. The molecule has 0 radical (unpaired) electrons. The third-order valence-electron chi connectivity index (χ3n) is 3.11. The number of nitrogens with zero attached hydrogens (tertiary/aromatic N) is 1. The van der Waals surface area contributed by atoms with E-state index in [2.05, 4.69) is 0 Å². The molecule has 1 aromatic carbocycles. The largest absolute Gasteiger partial charge is 0.490 e. The number of nitro groups is 1. The summed E-state index contributed by atoms with van der Waals surface area (Å²) in [7, 11) is 1.27. The SMILES string of the molecule is COc1ccc(C(C)(C)CNC(=O)C(F)(F)F)cc1[N+](=O)[O-]. The van der Waals surface area contributed by atoms with Crippen molar-refractivity contribution in [1.82, 2.24) is 5.32 Å². The van der Waals surface area contributed by atoms with Gasteiger partial charge < -0.3 is 10.1 Å². The van der Waals surface area contributed by atoms with Crippen LogP contribution < -0.4 is 10.1 Å². The second kappa shape index (κ2) is 6.20. The molecule has 0 bridgehead atoms. The van der Waals surface area contributed by atoms with E-state index in [1.165, 1.54) is 25.3 Å². The minimum absolute atomic E-state index is 0.0453. The number of carbonyl (C=O) groups excluding carboxylic acids is 1. The fourth-order valence-electron chi connectivity index (χ4n) is 1.76. The summed E-state index contributed by atoms with van der Waals surface area (Å²) in [5.74, 6) is -2.01. The number of amides is 1. The lowest BCUT2D eigenvalue weighted by Gasteiger charge is -2.26. The summed E-state index contributed by atoms with van der Waals surface area (Å²) in [6, 6.07) is 4.09. The van der Waals surface area contributed by atoms with Gasteiger partial charge in [-0.1, -0.05) is 19.9 Å². The maximum Gasteiger partial charge on any atom is 0.471 e. The fourth-order valence-corrected chi connectivity index (χ4v) is 1.76. The molecule has 0 fully saturated rings. The Labute approximate surface area is 124 Å². The van der Waals surface area contributed by atoms with Crippen LogP contribution in [0.2, 0.25) is 0 Å². The van der Waals surface area contributed by atoms with Gasteiger partial charge in [0.1, 0.15) is 0 Å². The van der Waals surface area contributed by atoms with Crippen molar-refractivity contribution in [3.8, 4) is 5.75 Å². The summed E-state index contributed by atoms with van der Waals surface area (Å²) in [5, 5.41) is 12.7. The van der Waals surface area contributed by atoms with Crippen LogP contribution in [0.25, 0.3) is 0 Å². The monoisotopic (exact) mass is 320 g/mol. The Morgan fingerprint density at radius 1 is 1.36 bits per heavy atom. The molecule has 0 aliphatic carbocycles. The number of nitrogens with one attached hydrogen (secondary N) is 1. The van der Waals surface area contributed by atoms with Gasteiger partial charge in [0.05, 0.1) is 12.0 Å². The third kappa shape index (κ3) is 4.09. The normalized spacial score (nSPS) is 11.9. The van der Waals surface area contributed by atoms with E-state index in [9.17, 15) is 28.1 Å². The van der Waals surface area contributed by atoms with E-state index < -0.39 is 22.4 Å². The molecule has 1 N–H and O–H groups in total. The zero-order chi connectivity index (χ0) is 17.1. The van der Waals surface area contributed by atoms with Crippen LogP contribution in [0.4, 0.5) is 18.9 Å². The third-order valence-corrected chi connectivity index (χ3v) is 3.11. The standard InChI is InChI=1S/C13H15F3N2O4/c1-12(2,7-17-11(19)13(14,15)16)8-4-5-10(22-3)9(6-8)18(20)21/h4-6H,7H2,1-3H3,(H,17,19). The molecule has 22 heavy (non-hydrogen) atoms. The Balaban J connectivity index is 3.00. The van der Waals surface area contributed by atoms with Crippen LogP contribution in [0.3, 0.4) is 0 Å². The number of benzene rings is 1. The number of methoxy groups -OCH3 is 1. The molecule has 0 saturated carbocycles. The van der Waals surface area contributed by atoms with Crippen LogP contribution in [0.1, 0.15) is 19.4 Å². The average Bonchev–Trinajstić information content (AvgIpc) is 2.42. The maximum atomic E-state index is 12.2. The molecule has 0 aliphatic heterocycles. The lowest BCUT2D eigenvalue weighted by Crippen LogP contribution is -2.43. The van der Waals surface area contributed by atoms with Crippen molar-refractivity contribution in [3.63, 3.8) is 0 Å². The highest BCUT2D eigenvalue weighted by Gasteiger charge is 2.39. The molecular weight excluding hydrogens is 305 g/mol.